The van der Waals surface area contributed by atoms with E-state index in [4.69, 9.17) is 9.47 Å². The number of thiazole rings is 1. The highest BCUT2D eigenvalue weighted by atomic mass is 32.1. The van der Waals surface area contributed by atoms with Crippen LogP contribution in [0.25, 0.3) is 10.2 Å². The fourth-order valence-corrected chi connectivity index (χ4v) is 3.24. The lowest BCUT2D eigenvalue weighted by molar-refractivity contribution is -0.157. The molecule has 3 aromatic rings. The number of hydrogen-bond donors (Lipinski definition) is 1. The summed E-state index contributed by atoms with van der Waals surface area (Å²) in [5.41, 5.74) is 0.252. The van der Waals surface area contributed by atoms with Crippen LogP contribution in [0.5, 0.6) is 0 Å². The van der Waals surface area contributed by atoms with Gasteiger partial charge in [0.2, 0.25) is 0 Å². The van der Waals surface area contributed by atoms with Crippen molar-refractivity contribution in [1.29, 1.82) is 0 Å². The number of hydrogen-bond acceptors (Lipinski definition) is 6. The first kappa shape index (κ1) is 19.8. The van der Waals surface area contributed by atoms with Crippen LogP contribution in [0, 0.1) is 11.6 Å². The van der Waals surface area contributed by atoms with Crippen molar-refractivity contribution < 1.29 is 27.8 Å². The zero-order chi connectivity index (χ0) is 20.1. The number of carbonyl (C=O) groups is 2. The van der Waals surface area contributed by atoms with E-state index < -0.39 is 35.3 Å². The molecule has 3 rings (SSSR count). The SMILES string of the molecule is C[C@H](OC(=O)COCc1nc2ccccc2s1)C(=O)Nc1c(F)cccc1F. The summed E-state index contributed by atoms with van der Waals surface area (Å²) in [4.78, 5) is 28.2. The lowest BCUT2D eigenvalue weighted by Crippen LogP contribution is -2.31. The molecular weight excluding hydrogens is 390 g/mol. The Balaban J connectivity index is 1.46. The third kappa shape index (κ3) is 4.87. The minimum absolute atomic E-state index is 0.120. The zero-order valence-corrected chi connectivity index (χ0v) is 15.6. The van der Waals surface area contributed by atoms with E-state index in [1.807, 2.05) is 24.3 Å². The smallest absolute Gasteiger partial charge is 0.332 e. The van der Waals surface area contributed by atoms with E-state index in [9.17, 15) is 18.4 Å². The van der Waals surface area contributed by atoms with Crippen LogP contribution >= 0.6 is 11.3 Å². The number of halogens is 2. The van der Waals surface area contributed by atoms with Gasteiger partial charge < -0.3 is 14.8 Å². The van der Waals surface area contributed by atoms with Crippen LogP contribution in [0.1, 0.15) is 11.9 Å². The Morgan fingerprint density at radius 2 is 1.86 bits per heavy atom. The Labute approximate surface area is 163 Å². The topological polar surface area (TPSA) is 77.5 Å². The van der Waals surface area contributed by atoms with Crippen LogP contribution in [0.3, 0.4) is 0 Å². The fourth-order valence-electron chi connectivity index (χ4n) is 2.33. The standard InChI is InChI=1S/C19H16F2N2O4S/c1-11(19(25)23-18-12(20)5-4-6-13(18)21)27-17(24)10-26-9-16-22-14-7-2-3-8-15(14)28-16/h2-8,11H,9-10H2,1H3,(H,23,25)/t11-/m0/s1. The molecule has 146 valence electrons. The van der Waals surface area contributed by atoms with Crippen LogP contribution in [0.4, 0.5) is 14.5 Å². The molecule has 9 heteroatoms. The highest BCUT2D eigenvalue weighted by Crippen LogP contribution is 2.22. The summed E-state index contributed by atoms with van der Waals surface area (Å²) >= 11 is 1.45. The largest absolute Gasteiger partial charge is 0.451 e. The Morgan fingerprint density at radius 1 is 1.14 bits per heavy atom. The molecule has 2 aromatic carbocycles. The lowest BCUT2D eigenvalue weighted by atomic mass is 10.2. The van der Waals surface area contributed by atoms with E-state index in [0.29, 0.717) is 5.01 Å². The number of fused-ring (bicyclic) bond motifs is 1. The summed E-state index contributed by atoms with van der Waals surface area (Å²) in [5, 5.41) is 2.77. The monoisotopic (exact) mass is 406 g/mol. The molecule has 1 heterocycles. The number of para-hydroxylation sites is 2. The van der Waals surface area contributed by atoms with Crippen molar-refractivity contribution in [3.8, 4) is 0 Å². The molecular formula is C19H16F2N2O4S. The van der Waals surface area contributed by atoms with Gasteiger partial charge in [0.1, 0.15) is 28.9 Å². The second-order valence-corrected chi connectivity index (χ2v) is 6.90. The summed E-state index contributed by atoms with van der Waals surface area (Å²) in [6.07, 6.45) is -1.25. The van der Waals surface area contributed by atoms with Gasteiger partial charge in [0.25, 0.3) is 5.91 Å². The predicted molar refractivity (Wildman–Crippen MR) is 99.8 cm³/mol. The Bertz CT molecular complexity index is 955. The third-order valence-electron chi connectivity index (χ3n) is 3.67. The average Bonchev–Trinajstić information content (AvgIpc) is 3.07. The first-order valence-corrected chi connectivity index (χ1v) is 9.12. The number of aromatic nitrogens is 1. The Kier molecular flexibility index (Phi) is 6.27. The minimum Gasteiger partial charge on any atom is -0.451 e. The molecule has 1 N–H and O–H groups in total. The maximum absolute atomic E-state index is 13.6. The molecule has 1 amide bonds. The molecule has 0 aliphatic carbocycles. The number of esters is 1. The second-order valence-electron chi connectivity index (χ2n) is 5.79. The van der Waals surface area contributed by atoms with Gasteiger partial charge in [0, 0.05) is 0 Å². The molecule has 0 spiro atoms. The number of rotatable bonds is 7. The van der Waals surface area contributed by atoms with E-state index >= 15 is 0 Å². The van der Waals surface area contributed by atoms with Gasteiger partial charge >= 0.3 is 5.97 Å². The Hall–Kier alpha value is -2.91. The van der Waals surface area contributed by atoms with E-state index in [1.54, 1.807) is 0 Å². The Morgan fingerprint density at radius 3 is 2.57 bits per heavy atom. The fraction of sp³-hybridized carbons (Fsp3) is 0.211. The quantitative estimate of drug-likeness (QED) is 0.606. The first-order valence-electron chi connectivity index (χ1n) is 8.30. The van der Waals surface area contributed by atoms with E-state index in [-0.39, 0.29) is 13.2 Å². The molecule has 0 bridgehead atoms. The van der Waals surface area contributed by atoms with Gasteiger partial charge in [0.05, 0.1) is 16.8 Å². The van der Waals surface area contributed by atoms with E-state index in [0.717, 1.165) is 22.3 Å². The van der Waals surface area contributed by atoms with Gasteiger partial charge in [-0.1, -0.05) is 18.2 Å². The van der Waals surface area contributed by atoms with Crippen molar-refractivity contribution in [3.05, 3.63) is 59.1 Å². The van der Waals surface area contributed by atoms with Crippen LogP contribution in [0.2, 0.25) is 0 Å². The summed E-state index contributed by atoms with van der Waals surface area (Å²) in [7, 11) is 0. The molecule has 0 unspecified atom stereocenters. The lowest BCUT2D eigenvalue weighted by Gasteiger charge is -2.14. The van der Waals surface area contributed by atoms with Crippen LogP contribution < -0.4 is 5.32 Å². The van der Waals surface area contributed by atoms with E-state index in [1.165, 1.54) is 24.3 Å². The molecule has 6 nitrogen and oxygen atoms in total. The van der Waals surface area contributed by atoms with Crippen molar-refractivity contribution in [2.45, 2.75) is 19.6 Å². The van der Waals surface area contributed by atoms with Gasteiger partial charge in [-0.2, -0.15) is 0 Å². The van der Waals surface area contributed by atoms with Gasteiger partial charge in [-0.3, -0.25) is 4.79 Å². The van der Waals surface area contributed by atoms with Gasteiger partial charge in [-0.15, -0.1) is 11.3 Å². The number of ether oxygens (including phenoxy) is 2. The molecule has 28 heavy (non-hydrogen) atoms. The molecule has 0 radical (unpaired) electrons. The van der Waals surface area contributed by atoms with Crippen molar-refractivity contribution in [2.75, 3.05) is 11.9 Å². The number of benzene rings is 2. The summed E-state index contributed by atoms with van der Waals surface area (Å²) < 4.78 is 38.3. The minimum atomic E-state index is -1.25. The highest BCUT2D eigenvalue weighted by Gasteiger charge is 2.21. The summed E-state index contributed by atoms with van der Waals surface area (Å²) in [6.45, 7) is 1.02. The average molecular weight is 406 g/mol. The van der Waals surface area contributed by atoms with Crippen molar-refractivity contribution >= 4 is 39.1 Å². The normalized spacial score (nSPS) is 12.0. The zero-order valence-electron chi connectivity index (χ0n) is 14.8. The van der Waals surface area contributed by atoms with E-state index in [2.05, 4.69) is 10.3 Å². The first-order chi connectivity index (χ1) is 13.4. The molecule has 0 aliphatic heterocycles. The number of carbonyl (C=O) groups excluding carboxylic acids is 2. The summed E-state index contributed by atoms with van der Waals surface area (Å²) in [6, 6.07) is 10.8. The number of nitrogens with zero attached hydrogens (tertiary/aromatic N) is 1. The maximum Gasteiger partial charge on any atom is 0.332 e. The van der Waals surface area contributed by atoms with Gasteiger partial charge in [-0.05, 0) is 31.2 Å². The molecule has 0 aliphatic rings. The molecule has 1 atom stereocenters. The number of anilines is 1. The predicted octanol–water partition coefficient (Wildman–Crippen LogP) is 3.66. The van der Waals surface area contributed by atoms with Gasteiger partial charge in [0.15, 0.2) is 6.10 Å². The number of nitrogens with one attached hydrogen (secondary N) is 1. The highest BCUT2D eigenvalue weighted by molar-refractivity contribution is 7.18. The summed E-state index contributed by atoms with van der Waals surface area (Å²) in [5.74, 6) is -3.49. The second kappa shape index (κ2) is 8.85. The van der Waals surface area contributed by atoms with Crippen LogP contribution in [-0.4, -0.2) is 29.6 Å². The number of amides is 1. The van der Waals surface area contributed by atoms with Crippen molar-refractivity contribution in [1.82, 2.24) is 4.98 Å². The third-order valence-corrected chi connectivity index (χ3v) is 4.68. The van der Waals surface area contributed by atoms with Crippen LogP contribution in [-0.2, 0) is 25.7 Å². The van der Waals surface area contributed by atoms with Crippen LogP contribution in [0.15, 0.2) is 42.5 Å². The molecule has 0 saturated carbocycles. The maximum atomic E-state index is 13.6. The van der Waals surface area contributed by atoms with Crippen molar-refractivity contribution in [3.63, 3.8) is 0 Å². The van der Waals surface area contributed by atoms with Gasteiger partial charge in [-0.25, -0.2) is 18.6 Å². The molecule has 0 saturated heterocycles. The molecule has 1 aromatic heterocycles. The molecule has 0 fully saturated rings. The van der Waals surface area contributed by atoms with Crippen molar-refractivity contribution in [2.24, 2.45) is 0 Å².